The zero-order valence-corrected chi connectivity index (χ0v) is 6.10. The Hall–Kier alpha value is -1.11. The van der Waals surface area contributed by atoms with Crippen molar-refractivity contribution in [3.8, 4) is 0 Å². The van der Waals surface area contributed by atoms with Crippen LogP contribution in [0.2, 0.25) is 0 Å². The van der Waals surface area contributed by atoms with Crippen LogP contribution >= 0.6 is 0 Å². The Labute approximate surface area is 61.1 Å². The Morgan fingerprint density at radius 2 is 2.00 bits per heavy atom. The molecule has 0 N–H and O–H groups in total. The monoisotopic (exact) mass is 138 g/mol. The first kappa shape index (κ1) is 8.89. The highest BCUT2D eigenvalue weighted by Crippen LogP contribution is 2.01. The van der Waals surface area contributed by atoms with E-state index >= 15 is 0 Å². The van der Waals surface area contributed by atoms with Crippen molar-refractivity contribution in [3.63, 3.8) is 0 Å². The number of hydrogen-bond acceptors (Lipinski definition) is 0. The molecule has 0 aliphatic rings. The lowest BCUT2D eigenvalue weighted by atomic mass is 10.2. The summed E-state index contributed by atoms with van der Waals surface area (Å²) in [5.74, 6) is -0.261. The lowest BCUT2D eigenvalue weighted by Crippen LogP contribution is -1.65. The van der Waals surface area contributed by atoms with E-state index in [2.05, 4.69) is 13.2 Å². The third-order valence-corrected chi connectivity index (χ3v) is 0.995. The van der Waals surface area contributed by atoms with Crippen LogP contribution in [-0.4, -0.2) is 0 Å². The highest BCUT2D eigenvalue weighted by atomic mass is 19.1. The molecule has 0 heterocycles. The second kappa shape index (κ2) is 4.74. The van der Waals surface area contributed by atoms with Crippen LogP contribution in [0.25, 0.3) is 0 Å². The van der Waals surface area contributed by atoms with Crippen molar-refractivity contribution in [2.24, 2.45) is 0 Å². The minimum absolute atomic E-state index is 0.261. The molecule has 0 aromatic heterocycles. The molecule has 0 spiro atoms. The quantitative estimate of drug-likeness (QED) is 0.525. The summed E-state index contributed by atoms with van der Waals surface area (Å²) in [6, 6.07) is 0. The fraction of sp³-hybridized carbons (Fsp3) is 0.111. The van der Waals surface area contributed by atoms with E-state index in [0.717, 1.165) is 0 Å². The Balaban J connectivity index is 4.00. The Bertz CT molecular complexity index is 181. The molecule has 0 bridgehead atoms. The maximum absolute atomic E-state index is 12.3. The molecule has 0 rings (SSSR count). The summed E-state index contributed by atoms with van der Waals surface area (Å²) in [5, 5.41) is 0. The molecule has 0 radical (unpaired) electrons. The zero-order chi connectivity index (χ0) is 7.98. The van der Waals surface area contributed by atoms with Gasteiger partial charge < -0.3 is 0 Å². The molecule has 10 heavy (non-hydrogen) atoms. The largest absolute Gasteiger partial charge is 0.207 e. The van der Waals surface area contributed by atoms with E-state index < -0.39 is 0 Å². The van der Waals surface area contributed by atoms with Crippen LogP contribution in [0, 0.1) is 0 Å². The van der Waals surface area contributed by atoms with Gasteiger partial charge in [-0.3, -0.25) is 0 Å². The van der Waals surface area contributed by atoms with Crippen molar-refractivity contribution in [2.75, 3.05) is 0 Å². The van der Waals surface area contributed by atoms with Crippen LogP contribution in [0.5, 0.6) is 0 Å². The van der Waals surface area contributed by atoms with E-state index in [1.165, 1.54) is 12.2 Å². The minimum atomic E-state index is -0.261. The maximum atomic E-state index is 12.3. The highest BCUT2D eigenvalue weighted by molar-refractivity contribution is 5.29. The smallest absolute Gasteiger partial charge is 0.118 e. The first-order valence-electron chi connectivity index (χ1n) is 3.02. The third kappa shape index (κ3) is 3.84. The molecule has 0 saturated heterocycles. The molecule has 0 aromatic carbocycles. The summed E-state index contributed by atoms with van der Waals surface area (Å²) in [6.45, 7) is 8.69. The van der Waals surface area contributed by atoms with Gasteiger partial charge >= 0.3 is 0 Å². The summed E-state index contributed by atoms with van der Waals surface area (Å²) >= 11 is 0. The second-order valence-electron chi connectivity index (χ2n) is 1.79. The molecule has 0 atom stereocenters. The van der Waals surface area contributed by atoms with Gasteiger partial charge in [-0.1, -0.05) is 31.4 Å². The van der Waals surface area contributed by atoms with E-state index in [1.807, 2.05) is 0 Å². The molecule has 0 aliphatic carbocycles. The Morgan fingerprint density at radius 3 is 2.40 bits per heavy atom. The van der Waals surface area contributed by atoms with Crippen molar-refractivity contribution < 1.29 is 4.39 Å². The Morgan fingerprint density at radius 1 is 1.40 bits per heavy atom. The number of hydrogen-bond donors (Lipinski definition) is 0. The summed E-state index contributed by atoms with van der Waals surface area (Å²) in [6.07, 6.45) is 5.87. The molecule has 0 aliphatic heterocycles. The Kier molecular flexibility index (Phi) is 4.21. The predicted octanol–water partition coefficient (Wildman–Crippen LogP) is 3.16. The van der Waals surface area contributed by atoms with Crippen LogP contribution in [-0.2, 0) is 0 Å². The fourth-order valence-electron chi connectivity index (χ4n) is 0.351. The highest BCUT2D eigenvalue weighted by Gasteiger charge is 1.81. The lowest BCUT2D eigenvalue weighted by molar-refractivity contribution is 0.665. The van der Waals surface area contributed by atoms with Gasteiger partial charge in [0.05, 0.1) is 0 Å². The van der Waals surface area contributed by atoms with Crippen molar-refractivity contribution in [3.05, 3.63) is 48.9 Å². The van der Waals surface area contributed by atoms with Crippen LogP contribution < -0.4 is 0 Å². The SMILES string of the molecule is C=CC(=C)/C=C\C(F)=C/C. The molecule has 0 aromatic rings. The molecule has 0 saturated carbocycles. The second-order valence-corrected chi connectivity index (χ2v) is 1.79. The molecule has 54 valence electrons. The number of allylic oxidation sites excluding steroid dienone is 6. The predicted molar refractivity (Wildman–Crippen MR) is 43.3 cm³/mol. The van der Waals surface area contributed by atoms with Gasteiger partial charge in [0.25, 0.3) is 0 Å². The normalized spacial score (nSPS) is 12.0. The minimum Gasteiger partial charge on any atom is -0.207 e. The van der Waals surface area contributed by atoms with E-state index in [9.17, 15) is 4.39 Å². The summed E-state index contributed by atoms with van der Waals surface area (Å²) in [5.41, 5.74) is 0.706. The van der Waals surface area contributed by atoms with E-state index in [0.29, 0.717) is 5.57 Å². The zero-order valence-electron chi connectivity index (χ0n) is 6.10. The lowest BCUT2D eigenvalue weighted by Gasteiger charge is -1.85. The molecule has 0 nitrogen and oxygen atoms in total. The topological polar surface area (TPSA) is 0 Å². The number of rotatable bonds is 3. The molecule has 0 amide bonds. The van der Waals surface area contributed by atoms with Gasteiger partial charge in [-0.15, -0.1) is 0 Å². The van der Waals surface area contributed by atoms with Gasteiger partial charge in [-0.2, -0.15) is 0 Å². The van der Waals surface area contributed by atoms with E-state index in [1.54, 1.807) is 19.1 Å². The van der Waals surface area contributed by atoms with Crippen LogP contribution in [0.3, 0.4) is 0 Å². The van der Waals surface area contributed by atoms with Gasteiger partial charge in [0.2, 0.25) is 0 Å². The molecule has 0 fully saturated rings. The van der Waals surface area contributed by atoms with Crippen LogP contribution in [0.15, 0.2) is 48.9 Å². The van der Waals surface area contributed by atoms with E-state index in [4.69, 9.17) is 0 Å². The summed E-state index contributed by atoms with van der Waals surface area (Å²) < 4.78 is 12.3. The van der Waals surface area contributed by atoms with Gasteiger partial charge in [-0.05, 0) is 18.6 Å². The molecule has 1 heteroatoms. The average Bonchev–Trinajstić information content (AvgIpc) is 1.99. The average molecular weight is 138 g/mol. The third-order valence-electron chi connectivity index (χ3n) is 0.995. The van der Waals surface area contributed by atoms with Crippen LogP contribution in [0.1, 0.15) is 6.92 Å². The molecule has 0 unspecified atom stereocenters. The maximum Gasteiger partial charge on any atom is 0.118 e. The van der Waals surface area contributed by atoms with E-state index in [-0.39, 0.29) is 5.83 Å². The number of halogens is 1. The van der Waals surface area contributed by atoms with Crippen molar-refractivity contribution in [1.29, 1.82) is 0 Å². The molecular formula is C9H11F. The van der Waals surface area contributed by atoms with Crippen molar-refractivity contribution in [2.45, 2.75) is 6.92 Å². The standard InChI is InChI=1S/C9H11F/c1-4-8(3)6-7-9(10)5-2/h4-7H,1,3H2,2H3/b7-6-,9-5+. The van der Waals surface area contributed by atoms with Gasteiger partial charge in [-0.25, -0.2) is 4.39 Å². The van der Waals surface area contributed by atoms with Crippen LogP contribution in [0.4, 0.5) is 4.39 Å². The first-order valence-corrected chi connectivity index (χ1v) is 3.02. The van der Waals surface area contributed by atoms with Gasteiger partial charge in [0.15, 0.2) is 0 Å². The molecular weight excluding hydrogens is 127 g/mol. The van der Waals surface area contributed by atoms with Crippen molar-refractivity contribution in [1.82, 2.24) is 0 Å². The fourth-order valence-corrected chi connectivity index (χ4v) is 0.351. The van der Waals surface area contributed by atoms with Gasteiger partial charge in [0, 0.05) is 0 Å². The van der Waals surface area contributed by atoms with Crippen molar-refractivity contribution >= 4 is 0 Å². The first-order chi connectivity index (χ1) is 4.70. The summed E-state index contributed by atoms with van der Waals surface area (Å²) in [7, 11) is 0. The summed E-state index contributed by atoms with van der Waals surface area (Å²) in [4.78, 5) is 0. The van der Waals surface area contributed by atoms with Gasteiger partial charge in [0.1, 0.15) is 5.83 Å².